The molecule has 3 heterocycles. The van der Waals surface area contributed by atoms with Crippen molar-refractivity contribution in [2.75, 3.05) is 6.26 Å². The summed E-state index contributed by atoms with van der Waals surface area (Å²) in [6.45, 7) is 3.71. The molecule has 7 nitrogen and oxygen atoms in total. The van der Waals surface area contributed by atoms with E-state index in [2.05, 4.69) is 15.0 Å². The average Bonchev–Trinajstić information content (AvgIpc) is 3.23. The van der Waals surface area contributed by atoms with Crippen molar-refractivity contribution in [3.63, 3.8) is 0 Å². The van der Waals surface area contributed by atoms with E-state index in [0.29, 0.717) is 22.2 Å². The number of hydrogen-bond donors (Lipinski definition) is 1. The zero-order chi connectivity index (χ0) is 20.1. The van der Waals surface area contributed by atoms with Gasteiger partial charge in [0.25, 0.3) is 6.17 Å². The Morgan fingerprint density at radius 2 is 2.04 bits per heavy atom. The van der Waals surface area contributed by atoms with E-state index in [4.69, 9.17) is 0 Å². The minimum atomic E-state index is -3.34. The molecular formula is C20H19N4O3S+. The number of rotatable bonds is 3. The molecule has 0 saturated heterocycles. The maximum atomic E-state index is 13.2. The Labute approximate surface area is 162 Å². The Morgan fingerprint density at radius 3 is 2.71 bits per heavy atom. The topological polar surface area (TPSA) is 95.3 Å². The van der Waals surface area contributed by atoms with Gasteiger partial charge in [0.1, 0.15) is 16.9 Å². The van der Waals surface area contributed by atoms with E-state index in [1.165, 1.54) is 6.26 Å². The SMILES string of the molecule is CC1=NC(C)[N+](C(=O)c2c[nH]c3nccc(-c4cccc(S(C)(=O)=O)c4)c23)=C1. The molecule has 0 spiro atoms. The lowest BCUT2D eigenvalue weighted by Crippen LogP contribution is -2.26. The molecule has 1 unspecified atom stereocenters. The maximum absolute atomic E-state index is 13.2. The zero-order valence-electron chi connectivity index (χ0n) is 15.7. The van der Waals surface area contributed by atoms with E-state index in [1.807, 2.05) is 19.9 Å². The highest BCUT2D eigenvalue weighted by molar-refractivity contribution is 7.90. The van der Waals surface area contributed by atoms with Gasteiger partial charge in [-0.05, 0) is 36.2 Å². The Morgan fingerprint density at radius 1 is 1.25 bits per heavy atom. The second-order valence-corrected chi connectivity index (χ2v) is 8.84. The van der Waals surface area contributed by atoms with Gasteiger partial charge in [0.05, 0.1) is 4.90 Å². The maximum Gasteiger partial charge on any atom is 0.423 e. The van der Waals surface area contributed by atoms with Crippen molar-refractivity contribution < 1.29 is 17.8 Å². The van der Waals surface area contributed by atoms with Crippen LogP contribution in [0.1, 0.15) is 24.2 Å². The van der Waals surface area contributed by atoms with Crippen LogP contribution in [0.3, 0.4) is 0 Å². The molecule has 1 atom stereocenters. The fraction of sp³-hybridized carbons (Fsp3) is 0.200. The molecule has 0 radical (unpaired) electrons. The summed E-state index contributed by atoms with van der Waals surface area (Å²) in [5.41, 5.74) is 3.27. The van der Waals surface area contributed by atoms with Crippen LogP contribution in [-0.2, 0) is 9.84 Å². The van der Waals surface area contributed by atoms with E-state index >= 15 is 0 Å². The first-order valence-corrected chi connectivity index (χ1v) is 10.6. The van der Waals surface area contributed by atoms with Crippen LogP contribution in [0.25, 0.3) is 22.2 Å². The molecule has 1 aromatic carbocycles. The number of carbonyl (C=O) groups is 1. The fourth-order valence-corrected chi connectivity index (χ4v) is 4.09. The lowest BCUT2D eigenvalue weighted by atomic mass is 10.0. The van der Waals surface area contributed by atoms with Crippen LogP contribution >= 0.6 is 0 Å². The highest BCUT2D eigenvalue weighted by Gasteiger charge is 2.32. The number of H-pyrrole nitrogens is 1. The normalized spacial score (nSPS) is 16.9. The lowest BCUT2D eigenvalue weighted by Gasteiger charge is -2.07. The highest BCUT2D eigenvalue weighted by Crippen LogP contribution is 2.31. The smallest absolute Gasteiger partial charge is 0.345 e. The van der Waals surface area contributed by atoms with Crippen molar-refractivity contribution in [1.82, 2.24) is 9.97 Å². The lowest BCUT2D eigenvalue weighted by molar-refractivity contribution is -0.455. The summed E-state index contributed by atoms with van der Waals surface area (Å²) in [6.07, 6.45) is 5.90. The van der Waals surface area contributed by atoms with Crippen molar-refractivity contribution in [2.45, 2.75) is 24.9 Å². The summed E-state index contributed by atoms with van der Waals surface area (Å²) < 4.78 is 25.5. The van der Waals surface area contributed by atoms with Gasteiger partial charge in [-0.2, -0.15) is 0 Å². The van der Waals surface area contributed by atoms with Crippen LogP contribution in [-0.4, -0.2) is 53.2 Å². The number of sulfone groups is 1. The van der Waals surface area contributed by atoms with Crippen molar-refractivity contribution in [1.29, 1.82) is 0 Å². The molecule has 8 heteroatoms. The molecule has 0 saturated carbocycles. The first-order chi connectivity index (χ1) is 13.3. The molecule has 2 aromatic heterocycles. The molecular weight excluding hydrogens is 376 g/mol. The number of fused-ring (bicyclic) bond motifs is 1. The summed E-state index contributed by atoms with van der Waals surface area (Å²) in [7, 11) is -3.34. The van der Waals surface area contributed by atoms with Crippen molar-refractivity contribution in [3.05, 3.63) is 48.3 Å². The minimum Gasteiger partial charge on any atom is -0.345 e. The summed E-state index contributed by atoms with van der Waals surface area (Å²) in [6, 6.07) is 8.47. The molecule has 142 valence electrons. The molecule has 1 aliphatic heterocycles. The van der Waals surface area contributed by atoms with Crippen LogP contribution in [0.5, 0.6) is 0 Å². The highest BCUT2D eigenvalue weighted by atomic mass is 32.2. The quantitative estimate of drug-likeness (QED) is 0.690. The number of carbonyl (C=O) groups excluding carboxylic acids is 1. The van der Waals surface area contributed by atoms with Crippen LogP contribution in [0.4, 0.5) is 0 Å². The van der Waals surface area contributed by atoms with Gasteiger partial charge in [-0.25, -0.2) is 23.2 Å². The van der Waals surface area contributed by atoms with Gasteiger partial charge in [0.2, 0.25) is 0 Å². The van der Waals surface area contributed by atoms with E-state index in [9.17, 15) is 13.2 Å². The third-order valence-electron chi connectivity index (χ3n) is 4.73. The number of pyridine rings is 1. The number of nitrogens with zero attached hydrogens (tertiary/aromatic N) is 3. The number of aromatic amines is 1. The molecule has 0 aliphatic carbocycles. The predicted octanol–water partition coefficient (Wildman–Crippen LogP) is 2.68. The third-order valence-corrected chi connectivity index (χ3v) is 5.84. The standard InChI is InChI=1S/C20H18N4O3S/c1-12-11-24(13(2)23-12)20(25)17-10-22-19-18(17)16(7-8-21-19)14-5-4-6-15(9-14)28(3,26)27/h4-11,13H,1-3H3/p+1. The van der Waals surface area contributed by atoms with E-state index in [0.717, 1.165) is 11.3 Å². The minimum absolute atomic E-state index is 0.187. The summed E-state index contributed by atoms with van der Waals surface area (Å²) in [5.74, 6) is -0.187. The molecule has 0 fully saturated rings. The molecule has 0 bridgehead atoms. The Balaban J connectivity index is 1.90. The van der Waals surface area contributed by atoms with E-state index < -0.39 is 9.84 Å². The van der Waals surface area contributed by atoms with Gasteiger partial charge in [-0.1, -0.05) is 12.1 Å². The van der Waals surface area contributed by atoms with Crippen LogP contribution in [0, 0.1) is 0 Å². The van der Waals surface area contributed by atoms with E-state index in [-0.39, 0.29) is 17.0 Å². The number of amides is 1. The van der Waals surface area contributed by atoms with Crippen LogP contribution in [0.2, 0.25) is 0 Å². The van der Waals surface area contributed by atoms with Gasteiger partial charge in [0, 0.05) is 31.0 Å². The summed E-state index contributed by atoms with van der Waals surface area (Å²) >= 11 is 0. The first kappa shape index (κ1) is 18.2. The fourth-order valence-electron chi connectivity index (χ4n) is 3.43. The summed E-state index contributed by atoms with van der Waals surface area (Å²) in [4.78, 5) is 25.1. The van der Waals surface area contributed by atoms with Crippen LogP contribution < -0.4 is 0 Å². The largest absolute Gasteiger partial charge is 0.423 e. The molecule has 28 heavy (non-hydrogen) atoms. The second kappa shape index (κ2) is 6.49. The number of aromatic nitrogens is 2. The second-order valence-electron chi connectivity index (χ2n) is 6.83. The number of benzene rings is 1. The molecule has 4 rings (SSSR count). The van der Waals surface area contributed by atoms with Crippen molar-refractivity contribution >= 4 is 38.7 Å². The number of aliphatic imine (C=N–C) groups is 1. The van der Waals surface area contributed by atoms with Gasteiger partial charge in [-0.3, -0.25) is 0 Å². The van der Waals surface area contributed by atoms with Gasteiger partial charge in [0.15, 0.2) is 16.1 Å². The van der Waals surface area contributed by atoms with Crippen molar-refractivity contribution in [3.8, 4) is 11.1 Å². The molecule has 3 aromatic rings. The first-order valence-electron chi connectivity index (χ1n) is 8.74. The van der Waals surface area contributed by atoms with Gasteiger partial charge < -0.3 is 4.98 Å². The van der Waals surface area contributed by atoms with E-state index in [1.54, 1.807) is 47.4 Å². The molecule has 1 aliphatic rings. The summed E-state index contributed by atoms with van der Waals surface area (Å²) in [5, 5.41) is 0.656. The van der Waals surface area contributed by atoms with Gasteiger partial charge >= 0.3 is 5.91 Å². The molecule has 1 amide bonds. The third kappa shape index (κ3) is 3.05. The Hall–Kier alpha value is -3.13. The van der Waals surface area contributed by atoms with Crippen molar-refractivity contribution in [2.24, 2.45) is 4.99 Å². The number of nitrogens with one attached hydrogen (secondary N) is 1. The monoisotopic (exact) mass is 395 g/mol. The van der Waals surface area contributed by atoms with Crippen LogP contribution in [0.15, 0.2) is 52.6 Å². The number of hydrogen-bond acceptors (Lipinski definition) is 5. The predicted molar refractivity (Wildman–Crippen MR) is 108 cm³/mol. The Kier molecular flexibility index (Phi) is 4.23. The molecule has 1 N–H and O–H groups in total. The Bertz CT molecular complexity index is 1290. The van der Waals surface area contributed by atoms with Gasteiger partial charge in [-0.15, -0.1) is 4.58 Å². The zero-order valence-corrected chi connectivity index (χ0v) is 16.5. The average molecular weight is 395 g/mol.